The molecule has 0 amide bonds. The fraction of sp³-hybridized carbons (Fsp3) is 0.333. The molecule has 74 valence electrons. The number of rotatable bonds is 2. The summed E-state index contributed by atoms with van der Waals surface area (Å²) < 4.78 is 0.399. The molecule has 0 radical (unpaired) electrons. The summed E-state index contributed by atoms with van der Waals surface area (Å²) in [6, 6.07) is 0. The highest BCUT2D eigenvalue weighted by molar-refractivity contribution is 14.1. The second-order valence-electron chi connectivity index (χ2n) is 3.08. The first-order valence-electron chi connectivity index (χ1n) is 4.42. The van der Waals surface area contributed by atoms with E-state index >= 15 is 0 Å². The number of hydrogen-bond donors (Lipinski definition) is 2. The zero-order valence-corrected chi connectivity index (χ0v) is 9.83. The van der Waals surface area contributed by atoms with Gasteiger partial charge in [0.05, 0.1) is 11.8 Å². The number of halogens is 1. The van der Waals surface area contributed by atoms with E-state index in [1.807, 2.05) is 6.20 Å². The second kappa shape index (κ2) is 3.72. The van der Waals surface area contributed by atoms with Gasteiger partial charge >= 0.3 is 0 Å². The molecule has 1 atom stereocenters. The highest BCUT2D eigenvalue weighted by Crippen LogP contribution is 2.30. The van der Waals surface area contributed by atoms with Crippen molar-refractivity contribution in [1.29, 1.82) is 0 Å². The maximum absolute atomic E-state index is 11.4. The topological polar surface area (TPSA) is 61.5 Å². The van der Waals surface area contributed by atoms with Crippen LogP contribution >= 0.6 is 22.6 Å². The Hall–Kier alpha value is -0.850. The molecule has 0 aliphatic carbocycles. The molecule has 0 aliphatic heterocycles. The van der Waals surface area contributed by atoms with Crippen molar-refractivity contribution in [1.82, 2.24) is 15.0 Å². The largest absolute Gasteiger partial charge is 0.355 e. The fourth-order valence-electron chi connectivity index (χ4n) is 1.43. The van der Waals surface area contributed by atoms with Gasteiger partial charge in [-0.1, -0.05) is 29.5 Å². The van der Waals surface area contributed by atoms with Crippen molar-refractivity contribution in [3.63, 3.8) is 0 Å². The molecule has 4 nitrogen and oxygen atoms in total. The maximum atomic E-state index is 11.4. The number of H-pyrrole nitrogens is 2. The average molecular weight is 303 g/mol. The SMILES string of the molecule is CCC(I)c1c[nH]c2c(=O)[nH]cnc12. The molecule has 0 fully saturated rings. The van der Waals surface area contributed by atoms with Crippen molar-refractivity contribution >= 4 is 33.6 Å². The minimum atomic E-state index is -0.110. The van der Waals surface area contributed by atoms with Crippen LogP contribution in [0.5, 0.6) is 0 Å². The van der Waals surface area contributed by atoms with E-state index in [2.05, 4.69) is 44.5 Å². The summed E-state index contributed by atoms with van der Waals surface area (Å²) in [4.78, 5) is 21.1. The normalized spacial score (nSPS) is 13.3. The summed E-state index contributed by atoms with van der Waals surface area (Å²) in [5, 5.41) is 0. The van der Waals surface area contributed by atoms with E-state index in [4.69, 9.17) is 0 Å². The van der Waals surface area contributed by atoms with E-state index in [0.717, 1.165) is 17.5 Å². The van der Waals surface area contributed by atoms with Crippen LogP contribution in [0.4, 0.5) is 0 Å². The number of nitrogens with one attached hydrogen (secondary N) is 2. The lowest BCUT2D eigenvalue weighted by molar-refractivity contribution is 0.932. The molecule has 0 saturated heterocycles. The lowest BCUT2D eigenvalue weighted by Gasteiger charge is -2.02. The predicted octanol–water partition coefficient (Wildman–Crippen LogP) is 2.14. The molecular formula is C9H10IN3O. The van der Waals surface area contributed by atoms with Gasteiger partial charge < -0.3 is 9.97 Å². The summed E-state index contributed by atoms with van der Waals surface area (Å²) in [5.74, 6) is 0. The van der Waals surface area contributed by atoms with Gasteiger partial charge in [-0.05, 0) is 6.42 Å². The predicted molar refractivity (Wildman–Crippen MR) is 63.8 cm³/mol. The van der Waals surface area contributed by atoms with Gasteiger partial charge in [0.2, 0.25) is 0 Å². The first-order valence-corrected chi connectivity index (χ1v) is 5.67. The number of hydrogen-bond acceptors (Lipinski definition) is 2. The average Bonchev–Trinajstić information content (AvgIpc) is 2.62. The van der Waals surface area contributed by atoms with E-state index in [1.165, 1.54) is 6.33 Å². The summed E-state index contributed by atoms with van der Waals surface area (Å²) >= 11 is 2.36. The van der Waals surface area contributed by atoms with E-state index < -0.39 is 0 Å². The van der Waals surface area contributed by atoms with Gasteiger partial charge in [-0.2, -0.15) is 0 Å². The quantitative estimate of drug-likeness (QED) is 0.659. The van der Waals surface area contributed by atoms with Crippen LogP contribution in [0, 0.1) is 0 Å². The highest BCUT2D eigenvalue weighted by Gasteiger charge is 2.13. The standard InChI is InChI=1S/C9H10IN3O/c1-2-6(10)5-3-11-8-7(5)12-4-13-9(8)14/h3-4,6,11H,2H2,1H3,(H,12,13,14). The number of aromatic amines is 2. The molecule has 1 unspecified atom stereocenters. The van der Waals surface area contributed by atoms with Gasteiger partial charge in [0.25, 0.3) is 5.56 Å². The first-order chi connectivity index (χ1) is 6.74. The minimum absolute atomic E-state index is 0.110. The van der Waals surface area contributed by atoms with Gasteiger partial charge in [0.1, 0.15) is 5.52 Å². The number of fused-ring (bicyclic) bond motifs is 1. The molecule has 2 rings (SSSR count). The lowest BCUT2D eigenvalue weighted by Crippen LogP contribution is -2.05. The fourth-order valence-corrected chi connectivity index (χ4v) is 1.90. The molecule has 5 heteroatoms. The van der Waals surface area contributed by atoms with Crippen LogP contribution in [0.25, 0.3) is 11.0 Å². The monoisotopic (exact) mass is 303 g/mol. The van der Waals surface area contributed by atoms with Crippen LogP contribution < -0.4 is 5.56 Å². The van der Waals surface area contributed by atoms with E-state index in [-0.39, 0.29) is 5.56 Å². The van der Waals surface area contributed by atoms with E-state index in [9.17, 15) is 4.79 Å². The number of nitrogens with zero attached hydrogens (tertiary/aromatic N) is 1. The second-order valence-corrected chi connectivity index (χ2v) is 4.58. The van der Waals surface area contributed by atoms with Crippen LogP contribution in [0.15, 0.2) is 17.3 Å². The third-order valence-electron chi connectivity index (χ3n) is 2.19. The first kappa shape index (κ1) is 9.70. The van der Waals surface area contributed by atoms with Crippen LogP contribution in [-0.2, 0) is 0 Å². The Balaban J connectivity index is 2.70. The molecule has 0 aromatic carbocycles. The molecule has 14 heavy (non-hydrogen) atoms. The molecule has 2 aromatic heterocycles. The zero-order valence-electron chi connectivity index (χ0n) is 7.67. The van der Waals surface area contributed by atoms with Crippen LogP contribution in [0.2, 0.25) is 0 Å². The van der Waals surface area contributed by atoms with Crippen molar-refractivity contribution in [2.75, 3.05) is 0 Å². The summed E-state index contributed by atoms with van der Waals surface area (Å²) in [6.07, 6.45) is 4.34. The maximum Gasteiger partial charge on any atom is 0.275 e. The van der Waals surface area contributed by atoms with E-state index in [1.54, 1.807) is 0 Å². The lowest BCUT2D eigenvalue weighted by atomic mass is 10.2. The molecule has 2 aromatic rings. The molecule has 0 saturated carbocycles. The Morgan fingerprint density at radius 3 is 3.07 bits per heavy atom. The Morgan fingerprint density at radius 2 is 2.36 bits per heavy atom. The minimum Gasteiger partial charge on any atom is -0.355 e. The van der Waals surface area contributed by atoms with Gasteiger partial charge in [0.15, 0.2) is 0 Å². The van der Waals surface area contributed by atoms with Crippen LogP contribution in [-0.4, -0.2) is 15.0 Å². The summed E-state index contributed by atoms with van der Waals surface area (Å²) in [6.45, 7) is 2.11. The molecular weight excluding hydrogens is 293 g/mol. The molecule has 0 aliphatic rings. The third-order valence-corrected chi connectivity index (χ3v) is 3.75. The summed E-state index contributed by atoms with van der Waals surface area (Å²) in [7, 11) is 0. The zero-order chi connectivity index (χ0) is 10.1. The summed E-state index contributed by atoms with van der Waals surface area (Å²) in [5.41, 5.74) is 2.35. The number of alkyl halides is 1. The van der Waals surface area contributed by atoms with Crippen molar-refractivity contribution in [2.45, 2.75) is 17.3 Å². The number of aromatic nitrogens is 3. The van der Waals surface area contributed by atoms with Crippen molar-refractivity contribution in [3.8, 4) is 0 Å². The Bertz CT molecular complexity index is 502. The van der Waals surface area contributed by atoms with Crippen LogP contribution in [0.3, 0.4) is 0 Å². The third kappa shape index (κ3) is 1.45. The Labute approximate surface area is 94.3 Å². The van der Waals surface area contributed by atoms with E-state index in [0.29, 0.717) is 9.44 Å². The van der Waals surface area contributed by atoms with Crippen LogP contribution in [0.1, 0.15) is 22.8 Å². The smallest absolute Gasteiger partial charge is 0.275 e. The Morgan fingerprint density at radius 1 is 1.57 bits per heavy atom. The molecule has 2 N–H and O–H groups in total. The van der Waals surface area contributed by atoms with Crippen molar-refractivity contribution < 1.29 is 0 Å². The van der Waals surface area contributed by atoms with Crippen molar-refractivity contribution in [2.24, 2.45) is 0 Å². The highest BCUT2D eigenvalue weighted by atomic mass is 127. The van der Waals surface area contributed by atoms with Gasteiger partial charge in [0, 0.05) is 15.7 Å². The Kier molecular flexibility index (Phi) is 2.58. The van der Waals surface area contributed by atoms with Gasteiger partial charge in [-0.25, -0.2) is 4.98 Å². The van der Waals surface area contributed by atoms with Gasteiger partial charge in [-0.3, -0.25) is 4.79 Å². The molecule has 2 heterocycles. The van der Waals surface area contributed by atoms with Crippen molar-refractivity contribution in [3.05, 3.63) is 28.4 Å². The molecule has 0 spiro atoms. The molecule has 0 bridgehead atoms. The van der Waals surface area contributed by atoms with Gasteiger partial charge in [-0.15, -0.1) is 0 Å².